The predicted octanol–water partition coefficient (Wildman–Crippen LogP) is 0.954. The standard InChI is InChI=1S/C15H20N8O/c1-8(2)13(19-12(24)7-23-15(16)20-21-22-23)14-17-10-5-4-9(3)6-11(10)18-14/h4-6,8,13H,7H2,1-3H3,(H,17,18)(H,19,24)(H2,16,20,22)/t13-/m0/s1. The van der Waals surface area contributed by atoms with E-state index >= 15 is 0 Å². The van der Waals surface area contributed by atoms with Crippen molar-refractivity contribution in [3.8, 4) is 0 Å². The van der Waals surface area contributed by atoms with Gasteiger partial charge >= 0.3 is 0 Å². The van der Waals surface area contributed by atoms with Crippen LogP contribution in [0.2, 0.25) is 0 Å². The molecule has 2 aromatic heterocycles. The summed E-state index contributed by atoms with van der Waals surface area (Å²) in [4.78, 5) is 20.2. The smallest absolute Gasteiger partial charge is 0.242 e. The Kier molecular flexibility index (Phi) is 4.15. The summed E-state index contributed by atoms with van der Waals surface area (Å²) >= 11 is 0. The summed E-state index contributed by atoms with van der Waals surface area (Å²) < 4.78 is 1.24. The van der Waals surface area contributed by atoms with Crippen LogP contribution in [0.5, 0.6) is 0 Å². The minimum absolute atomic E-state index is 0.0403. The lowest BCUT2D eigenvalue weighted by Gasteiger charge is -2.20. The first-order chi connectivity index (χ1) is 11.4. The van der Waals surface area contributed by atoms with Gasteiger partial charge in [0.1, 0.15) is 12.4 Å². The number of rotatable bonds is 5. The summed E-state index contributed by atoms with van der Waals surface area (Å²) in [5, 5.41) is 13.6. The first-order valence-electron chi connectivity index (χ1n) is 7.71. The number of imidazole rings is 1. The van der Waals surface area contributed by atoms with Gasteiger partial charge in [-0.25, -0.2) is 9.67 Å². The molecule has 1 aromatic carbocycles. The molecule has 126 valence electrons. The number of aromatic amines is 1. The number of tetrazole rings is 1. The van der Waals surface area contributed by atoms with Crippen molar-refractivity contribution in [2.24, 2.45) is 5.92 Å². The van der Waals surface area contributed by atoms with E-state index < -0.39 is 0 Å². The van der Waals surface area contributed by atoms with Crippen LogP contribution < -0.4 is 11.1 Å². The zero-order chi connectivity index (χ0) is 17.3. The van der Waals surface area contributed by atoms with Crippen LogP contribution in [-0.2, 0) is 11.3 Å². The first-order valence-corrected chi connectivity index (χ1v) is 7.71. The molecule has 4 N–H and O–H groups in total. The number of amides is 1. The Morgan fingerprint density at radius 1 is 1.42 bits per heavy atom. The molecule has 3 aromatic rings. The van der Waals surface area contributed by atoms with E-state index in [1.807, 2.05) is 39.0 Å². The normalized spacial score (nSPS) is 12.7. The Morgan fingerprint density at radius 2 is 2.21 bits per heavy atom. The number of H-pyrrole nitrogens is 1. The minimum atomic E-state index is -0.247. The molecule has 0 aliphatic carbocycles. The van der Waals surface area contributed by atoms with E-state index in [1.54, 1.807) is 0 Å². The van der Waals surface area contributed by atoms with Crippen molar-refractivity contribution in [1.82, 2.24) is 35.5 Å². The number of nitrogens with zero attached hydrogens (tertiary/aromatic N) is 5. The third-order valence-corrected chi connectivity index (χ3v) is 3.79. The number of anilines is 1. The molecule has 0 radical (unpaired) electrons. The zero-order valence-electron chi connectivity index (χ0n) is 13.8. The SMILES string of the molecule is Cc1ccc2nc([C@@H](NC(=O)Cn3nnnc3N)C(C)C)[nH]c2c1. The minimum Gasteiger partial charge on any atom is -0.367 e. The molecule has 0 saturated heterocycles. The fourth-order valence-corrected chi connectivity index (χ4v) is 2.52. The van der Waals surface area contributed by atoms with Crippen molar-refractivity contribution in [2.75, 3.05) is 5.73 Å². The van der Waals surface area contributed by atoms with E-state index in [9.17, 15) is 4.79 Å². The molecule has 9 nitrogen and oxygen atoms in total. The van der Waals surface area contributed by atoms with Gasteiger partial charge in [-0.3, -0.25) is 4.79 Å². The van der Waals surface area contributed by atoms with E-state index in [0.717, 1.165) is 22.4 Å². The van der Waals surface area contributed by atoms with Gasteiger partial charge in [0.2, 0.25) is 11.9 Å². The molecular weight excluding hydrogens is 308 g/mol. The van der Waals surface area contributed by atoms with Gasteiger partial charge in [-0.2, -0.15) is 0 Å². The summed E-state index contributed by atoms with van der Waals surface area (Å²) in [6.07, 6.45) is 0. The molecular formula is C15H20N8O. The molecule has 0 bridgehead atoms. The molecule has 1 atom stereocenters. The Bertz CT molecular complexity index is 865. The van der Waals surface area contributed by atoms with E-state index in [2.05, 4.69) is 30.8 Å². The fourth-order valence-electron chi connectivity index (χ4n) is 2.52. The molecule has 9 heteroatoms. The van der Waals surface area contributed by atoms with Gasteiger partial charge in [-0.1, -0.05) is 25.0 Å². The average molecular weight is 328 g/mol. The first kappa shape index (κ1) is 15.9. The van der Waals surface area contributed by atoms with Gasteiger partial charge in [0.05, 0.1) is 17.1 Å². The number of fused-ring (bicyclic) bond motifs is 1. The van der Waals surface area contributed by atoms with Crippen LogP contribution in [0, 0.1) is 12.8 Å². The second-order valence-corrected chi connectivity index (χ2v) is 6.13. The highest BCUT2D eigenvalue weighted by molar-refractivity contribution is 5.78. The van der Waals surface area contributed by atoms with Crippen molar-refractivity contribution in [3.63, 3.8) is 0 Å². The van der Waals surface area contributed by atoms with Crippen molar-refractivity contribution >= 4 is 22.9 Å². The van der Waals surface area contributed by atoms with Crippen molar-refractivity contribution < 1.29 is 4.79 Å². The van der Waals surface area contributed by atoms with Gasteiger partial charge in [0, 0.05) is 0 Å². The third-order valence-electron chi connectivity index (χ3n) is 3.79. The summed E-state index contributed by atoms with van der Waals surface area (Å²) in [5.41, 5.74) is 8.56. The van der Waals surface area contributed by atoms with Crippen LogP contribution in [0.4, 0.5) is 5.95 Å². The highest BCUT2D eigenvalue weighted by Crippen LogP contribution is 2.22. The number of benzene rings is 1. The Balaban J connectivity index is 1.80. The molecule has 2 heterocycles. The second-order valence-electron chi connectivity index (χ2n) is 6.13. The van der Waals surface area contributed by atoms with Gasteiger partial charge in [0.15, 0.2) is 0 Å². The van der Waals surface area contributed by atoms with Gasteiger partial charge in [0.25, 0.3) is 0 Å². The number of carbonyl (C=O) groups excluding carboxylic acids is 1. The lowest BCUT2D eigenvalue weighted by molar-refractivity contribution is -0.123. The maximum Gasteiger partial charge on any atom is 0.242 e. The molecule has 1 amide bonds. The van der Waals surface area contributed by atoms with E-state index in [1.165, 1.54) is 4.68 Å². The quantitative estimate of drug-likeness (QED) is 0.640. The highest BCUT2D eigenvalue weighted by atomic mass is 16.2. The van der Waals surface area contributed by atoms with Crippen LogP contribution in [0.15, 0.2) is 18.2 Å². The van der Waals surface area contributed by atoms with Crippen LogP contribution in [0.3, 0.4) is 0 Å². The Labute approximate surface area is 138 Å². The topological polar surface area (TPSA) is 127 Å². The summed E-state index contributed by atoms with van der Waals surface area (Å²) in [6.45, 7) is 6.03. The zero-order valence-corrected chi connectivity index (χ0v) is 13.8. The number of nitrogens with two attached hydrogens (primary N) is 1. The third kappa shape index (κ3) is 3.19. The number of hydrogen-bond acceptors (Lipinski definition) is 6. The maximum absolute atomic E-state index is 12.3. The summed E-state index contributed by atoms with van der Waals surface area (Å²) in [6, 6.07) is 5.76. The molecule has 0 aliphatic heterocycles. The molecule has 0 aliphatic rings. The largest absolute Gasteiger partial charge is 0.367 e. The fraction of sp³-hybridized carbons (Fsp3) is 0.400. The van der Waals surface area contributed by atoms with Crippen molar-refractivity contribution in [2.45, 2.75) is 33.4 Å². The number of hydrogen-bond donors (Lipinski definition) is 3. The summed E-state index contributed by atoms with van der Waals surface area (Å²) in [5.74, 6) is 0.750. The highest BCUT2D eigenvalue weighted by Gasteiger charge is 2.22. The maximum atomic E-state index is 12.3. The number of nitrogen functional groups attached to an aromatic ring is 1. The number of aromatic nitrogens is 6. The van der Waals surface area contributed by atoms with E-state index in [0.29, 0.717) is 0 Å². The predicted molar refractivity (Wildman–Crippen MR) is 88.8 cm³/mol. The van der Waals surface area contributed by atoms with E-state index in [4.69, 9.17) is 5.73 Å². The lowest BCUT2D eigenvalue weighted by Crippen LogP contribution is -2.35. The summed E-state index contributed by atoms with van der Waals surface area (Å²) in [7, 11) is 0. The van der Waals surface area contributed by atoms with E-state index in [-0.39, 0.29) is 30.4 Å². The van der Waals surface area contributed by atoms with Gasteiger partial charge < -0.3 is 16.0 Å². The average Bonchev–Trinajstić information content (AvgIpc) is 3.10. The Hall–Kier alpha value is -2.97. The molecule has 3 rings (SSSR count). The number of nitrogens with one attached hydrogen (secondary N) is 2. The molecule has 0 saturated carbocycles. The molecule has 0 fully saturated rings. The molecule has 24 heavy (non-hydrogen) atoms. The van der Waals surface area contributed by atoms with Crippen LogP contribution in [0.1, 0.15) is 31.3 Å². The second kappa shape index (κ2) is 6.26. The number of carbonyl (C=O) groups is 1. The Morgan fingerprint density at radius 3 is 2.88 bits per heavy atom. The number of aryl methyl sites for hydroxylation is 1. The van der Waals surface area contributed by atoms with Gasteiger partial charge in [-0.05, 0) is 41.0 Å². The molecule has 0 spiro atoms. The van der Waals surface area contributed by atoms with Crippen LogP contribution in [0.25, 0.3) is 11.0 Å². The van der Waals surface area contributed by atoms with Crippen LogP contribution in [-0.4, -0.2) is 36.1 Å². The molecule has 0 unspecified atom stereocenters. The van der Waals surface area contributed by atoms with Crippen molar-refractivity contribution in [3.05, 3.63) is 29.6 Å². The monoisotopic (exact) mass is 328 g/mol. The van der Waals surface area contributed by atoms with Crippen LogP contribution >= 0.6 is 0 Å². The van der Waals surface area contributed by atoms with Gasteiger partial charge in [-0.15, -0.1) is 0 Å². The van der Waals surface area contributed by atoms with Crippen molar-refractivity contribution in [1.29, 1.82) is 0 Å². The lowest BCUT2D eigenvalue weighted by atomic mass is 10.0.